The predicted molar refractivity (Wildman–Crippen MR) is 94.3 cm³/mol. The fourth-order valence-corrected chi connectivity index (χ4v) is 2.25. The Bertz CT molecular complexity index is 483. The molecule has 0 saturated carbocycles. The van der Waals surface area contributed by atoms with E-state index in [2.05, 4.69) is 19.2 Å². The number of unbranched alkanes of at least 4 members (excludes halogenated alkanes) is 1. The zero-order valence-electron chi connectivity index (χ0n) is 14.3. The lowest BCUT2D eigenvalue weighted by atomic mass is 9.97. The van der Waals surface area contributed by atoms with E-state index in [1.165, 1.54) is 6.42 Å². The lowest BCUT2D eigenvalue weighted by molar-refractivity contribution is -0.116. The quantitative estimate of drug-likeness (QED) is 0.496. The zero-order valence-corrected chi connectivity index (χ0v) is 14.3. The molecule has 0 heterocycles. The Labute approximate surface area is 136 Å². The molecule has 0 radical (unpaired) electrons. The van der Waals surface area contributed by atoms with Gasteiger partial charge >= 0.3 is 0 Å². The second kappa shape index (κ2) is 9.39. The maximum Gasteiger partial charge on any atom is 0.224 e. The van der Waals surface area contributed by atoms with Gasteiger partial charge in [0.15, 0.2) is 5.78 Å². The highest BCUT2D eigenvalue weighted by Crippen LogP contribution is 2.16. The monoisotopic (exact) mass is 305 g/mol. The summed E-state index contributed by atoms with van der Waals surface area (Å²) in [5.41, 5.74) is 1.47. The minimum atomic E-state index is 0. The van der Waals surface area contributed by atoms with Gasteiger partial charge in [0, 0.05) is 25.0 Å². The van der Waals surface area contributed by atoms with Crippen LogP contribution in [0.4, 0.5) is 5.69 Å². The number of ketones is 1. The third kappa shape index (κ3) is 6.42. The van der Waals surface area contributed by atoms with Crippen LogP contribution in [0.25, 0.3) is 0 Å². The van der Waals surface area contributed by atoms with E-state index in [0.717, 1.165) is 24.9 Å². The minimum Gasteiger partial charge on any atom is -0.326 e. The summed E-state index contributed by atoms with van der Waals surface area (Å²) in [5.74, 6) is 0.943. The Morgan fingerprint density at radius 1 is 1.09 bits per heavy atom. The summed E-state index contributed by atoms with van der Waals surface area (Å²) in [6.45, 7) is 8.34. The molecule has 0 aromatic heterocycles. The Balaban J connectivity index is 0.00000484. The largest absolute Gasteiger partial charge is 0.326 e. The van der Waals surface area contributed by atoms with E-state index >= 15 is 0 Å². The van der Waals surface area contributed by atoms with Crippen molar-refractivity contribution < 1.29 is 11.0 Å². The third-order valence-electron chi connectivity index (χ3n) is 3.95. The number of carbonyl (C=O) groups is 2. The molecule has 0 aliphatic carbocycles. The Hall–Kier alpha value is -1.64. The van der Waals surface area contributed by atoms with Crippen LogP contribution in [0.15, 0.2) is 24.3 Å². The van der Waals surface area contributed by atoms with Crippen molar-refractivity contribution in [2.24, 2.45) is 11.8 Å². The molecule has 1 N–H and O–H groups in total. The van der Waals surface area contributed by atoms with Gasteiger partial charge in [-0.3, -0.25) is 9.59 Å². The van der Waals surface area contributed by atoms with Gasteiger partial charge in [0.1, 0.15) is 0 Å². The molecule has 1 atom stereocenters. The van der Waals surface area contributed by atoms with Crippen LogP contribution in [0, 0.1) is 11.8 Å². The molecule has 1 rings (SSSR count). The highest BCUT2D eigenvalue weighted by atomic mass is 16.1. The van der Waals surface area contributed by atoms with Crippen LogP contribution in [0.1, 0.15) is 71.6 Å². The fourth-order valence-electron chi connectivity index (χ4n) is 2.25. The molecule has 3 nitrogen and oxygen atoms in total. The minimum absolute atomic E-state index is 0. The van der Waals surface area contributed by atoms with Gasteiger partial charge in [-0.05, 0) is 43.0 Å². The van der Waals surface area contributed by atoms with E-state index in [9.17, 15) is 9.59 Å². The Morgan fingerprint density at radius 2 is 1.73 bits per heavy atom. The van der Waals surface area contributed by atoms with E-state index in [1.54, 1.807) is 12.1 Å². The van der Waals surface area contributed by atoms with E-state index in [0.29, 0.717) is 17.9 Å². The van der Waals surface area contributed by atoms with Crippen LogP contribution in [-0.4, -0.2) is 11.7 Å². The smallest absolute Gasteiger partial charge is 0.224 e. The fraction of sp³-hybridized carbons (Fsp3) is 0.579. The van der Waals surface area contributed by atoms with Crippen LogP contribution in [0.3, 0.4) is 0 Å². The molecule has 1 amide bonds. The number of amides is 1. The molecule has 0 fully saturated rings. The molecule has 1 unspecified atom stereocenters. The summed E-state index contributed by atoms with van der Waals surface area (Å²) >= 11 is 0. The van der Waals surface area contributed by atoms with Crippen molar-refractivity contribution in [3.05, 3.63) is 29.8 Å². The van der Waals surface area contributed by atoms with Crippen LogP contribution >= 0.6 is 0 Å². The van der Waals surface area contributed by atoms with E-state index in [4.69, 9.17) is 0 Å². The standard InChI is InChI=1S/C19H29NO2.H2/c1-5-15(4)19(22)16-10-12-17(13-11-16)20-18(21)9-7-6-8-14(2)3;/h10-15H,5-9H2,1-4H3,(H,20,21);1H. The summed E-state index contributed by atoms with van der Waals surface area (Å²) in [5, 5.41) is 2.89. The normalized spacial score (nSPS) is 12.2. The molecule has 1 aromatic carbocycles. The molecule has 0 aliphatic heterocycles. The number of nitrogens with one attached hydrogen (secondary N) is 1. The first-order valence-corrected chi connectivity index (χ1v) is 8.38. The summed E-state index contributed by atoms with van der Waals surface area (Å²) in [4.78, 5) is 23.9. The summed E-state index contributed by atoms with van der Waals surface area (Å²) in [6.07, 6.45) is 4.58. The Morgan fingerprint density at radius 3 is 2.27 bits per heavy atom. The van der Waals surface area contributed by atoms with Gasteiger partial charge in [0.05, 0.1) is 0 Å². The number of rotatable bonds is 9. The van der Waals surface area contributed by atoms with Crippen molar-refractivity contribution >= 4 is 17.4 Å². The number of hydrogen-bond acceptors (Lipinski definition) is 2. The molecular weight excluding hydrogens is 274 g/mol. The Kier molecular flexibility index (Phi) is 7.86. The molecule has 1 aromatic rings. The van der Waals surface area contributed by atoms with Crippen molar-refractivity contribution in [1.29, 1.82) is 0 Å². The maximum atomic E-state index is 12.1. The number of carbonyl (C=O) groups excluding carboxylic acids is 2. The number of hydrogen-bond donors (Lipinski definition) is 1. The second-order valence-electron chi connectivity index (χ2n) is 6.44. The van der Waals surface area contributed by atoms with E-state index in [-0.39, 0.29) is 19.0 Å². The number of benzene rings is 1. The maximum absolute atomic E-state index is 12.1. The van der Waals surface area contributed by atoms with Gasteiger partial charge in [-0.1, -0.05) is 40.5 Å². The summed E-state index contributed by atoms with van der Waals surface area (Å²) < 4.78 is 0. The third-order valence-corrected chi connectivity index (χ3v) is 3.95. The first-order valence-electron chi connectivity index (χ1n) is 8.38. The van der Waals surface area contributed by atoms with E-state index < -0.39 is 0 Å². The molecule has 0 bridgehead atoms. The van der Waals surface area contributed by atoms with Gasteiger partial charge in [-0.2, -0.15) is 0 Å². The SMILES string of the molecule is CCC(C)C(=O)c1ccc(NC(=O)CCCCC(C)C)cc1.[HH]. The van der Waals surface area contributed by atoms with Crippen molar-refractivity contribution in [3.63, 3.8) is 0 Å². The van der Waals surface area contributed by atoms with Crippen molar-refractivity contribution in [3.8, 4) is 0 Å². The predicted octanol–water partition coefficient (Wildman–Crippen LogP) is 5.32. The zero-order chi connectivity index (χ0) is 16.5. The first-order chi connectivity index (χ1) is 10.4. The van der Waals surface area contributed by atoms with Gasteiger partial charge in [-0.15, -0.1) is 0 Å². The highest BCUT2D eigenvalue weighted by molar-refractivity contribution is 5.98. The number of Topliss-reactive ketones (excluding diaryl/α,β-unsaturated/α-hetero) is 1. The molecule has 22 heavy (non-hydrogen) atoms. The van der Waals surface area contributed by atoms with Gasteiger partial charge in [0.2, 0.25) is 5.91 Å². The second-order valence-corrected chi connectivity index (χ2v) is 6.44. The molecule has 0 saturated heterocycles. The summed E-state index contributed by atoms with van der Waals surface area (Å²) in [7, 11) is 0. The lowest BCUT2D eigenvalue weighted by Gasteiger charge is -2.09. The lowest BCUT2D eigenvalue weighted by Crippen LogP contribution is -2.12. The molecule has 3 heteroatoms. The van der Waals surface area contributed by atoms with E-state index in [1.807, 2.05) is 26.0 Å². The van der Waals surface area contributed by atoms with Gasteiger partial charge in [-0.25, -0.2) is 0 Å². The first kappa shape index (κ1) is 18.4. The average molecular weight is 305 g/mol. The summed E-state index contributed by atoms with van der Waals surface area (Å²) in [6, 6.07) is 7.20. The van der Waals surface area contributed by atoms with Crippen molar-refractivity contribution in [1.82, 2.24) is 0 Å². The molecule has 124 valence electrons. The van der Waals surface area contributed by atoms with Crippen molar-refractivity contribution in [2.45, 2.75) is 59.8 Å². The van der Waals surface area contributed by atoms with Crippen molar-refractivity contribution in [2.75, 3.05) is 5.32 Å². The molecule has 0 spiro atoms. The highest BCUT2D eigenvalue weighted by Gasteiger charge is 2.13. The van der Waals surface area contributed by atoms with Crippen LogP contribution in [0.2, 0.25) is 0 Å². The topological polar surface area (TPSA) is 46.2 Å². The molecule has 0 aliphatic rings. The molecular formula is C19H31NO2. The van der Waals surface area contributed by atoms with Crippen LogP contribution in [0.5, 0.6) is 0 Å². The van der Waals surface area contributed by atoms with Gasteiger partial charge < -0.3 is 5.32 Å². The number of anilines is 1. The van der Waals surface area contributed by atoms with Gasteiger partial charge in [0.25, 0.3) is 0 Å². The van der Waals surface area contributed by atoms with Crippen LogP contribution in [-0.2, 0) is 4.79 Å². The average Bonchev–Trinajstić information content (AvgIpc) is 2.50. The van der Waals surface area contributed by atoms with Crippen LogP contribution < -0.4 is 5.32 Å².